The van der Waals surface area contributed by atoms with Gasteiger partial charge in [-0.05, 0) is 0 Å². The molecular weight excluding hydrogens is 340 g/mol. The molecule has 0 aliphatic rings. The molecule has 0 aromatic rings. The fourth-order valence-electron chi connectivity index (χ4n) is 0.684. The number of aliphatic carboxylic acids is 3. The van der Waals surface area contributed by atoms with Gasteiger partial charge in [0.1, 0.15) is 5.60 Å². The van der Waals surface area contributed by atoms with Crippen molar-refractivity contribution in [3.8, 4) is 0 Å². The zero-order valence-electron chi connectivity index (χ0n) is 9.31. The fourth-order valence-corrected chi connectivity index (χ4v) is 0.684. The first-order valence-electron chi connectivity index (χ1n) is 3.11. The van der Waals surface area contributed by atoms with Gasteiger partial charge in [0.15, 0.2) is 0 Å². The number of carbonyl (C=O) groups excluding carboxylic acids is 3. The van der Waals surface area contributed by atoms with E-state index in [0.717, 1.165) is 0 Å². The van der Waals surface area contributed by atoms with Crippen LogP contribution in [0.4, 0.5) is 0 Å². The Bertz CT molecular complexity index is 241. The van der Waals surface area contributed by atoms with E-state index < -0.39 is 36.4 Å². The molecule has 7 nitrogen and oxygen atoms in total. The number of carbonyl (C=O) groups is 3. The summed E-state index contributed by atoms with van der Waals surface area (Å²) in [4.78, 5) is 30.0. The molecule has 0 saturated carbocycles. The Kier molecular flexibility index (Phi) is 34.0. The Hall–Kier alpha value is 4.92. The van der Waals surface area contributed by atoms with Gasteiger partial charge in [0.05, 0.1) is 5.97 Å². The van der Waals surface area contributed by atoms with Crippen LogP contribution in [0.25, 0.3) is 0 Å². The molecule has 0 aromatic heterocycles. The zero-order chi connectivity index (χ0) is 10.6. The van der Waals surface area contributed by atoms with Crippen LogP contribution in [0, 0.1) is 0 Å². The molecule has 76 valence electrons. The molecule has 0 aliphatic heterocycles. The summed E-state index contributed by atoms with van der Waals surface area (Å²) < 4.78 is 0. The Balaban J connectivity index is -0.000000120. The van der Waals surface area contributed by atoms with Crippen LogP contribution in [0.2, 0.25) is 0 Å². The van der Waals surface area contributed by atoms with Gasteiger partial charge in [0, 0.05) is 24.8 Å². The molecule has 0 amide bonds. The number of carboxylic acids is 3. The summed E-state index contributed by atoms with van der Waals surface area (Å²) in [5.74, 6) is -5.98. The van der Waals surface area contributed by atoms with Gasteiger partial charge in [-0.15, -0.1) is 0 Å². The second-order valence-electron chi connectivity index (χ2n) is 2.42. The molecule has 0 atom stereocenters. The van der Waals surface area contributed by atoms with Gasteiger partial charge in [0.2, 0.25) is 0 Å². The standard InChI is InChI=1S/C6H8O7.4K.H/c7-3(8)1-6(13,5(11)12)2-4(9)10;;;;;/h13H,1-2H2,(H,7,8)(H,9,10)(H,11,12);;;;;/q;;3*+1;/p-3. The van der Waals surface area contributed by atoms with Crippen molar-refractivity contribution >= 4 is 69.3 Å². The summed E-state index contributed by atoms with van der Waals surface area (Å²) in [5.41, 5.74) is -2.97. The third-order valence-corrected chi connectivity index (χ3v) is 1.25. The monoisotopic (exact) mass is 346 g/mol. The number of carboxylic acid groups (broad SMARTS) is 3. The van der Waals surface area contributed by atoms with Crippen LogP contribution < -0.4 is 169 Å². The van der Waals surface area contributed by atoms with E-state index in [1.54, 1.807) is 0 Å². The number of rotatable bonds is 5. The van der Waals surface area contributed by atoms with E-state index in [1.165, 1.54) is 0 Å². The molecule has 1 N–H and O–H groups in total. The van der Waals surface area contributed by atoms with E-state index in [0.29, 0.717) is 0 Å². The van der Waals surface area contributed by atoms with Crippen molar-refractivity contribution in [1.82, 2.24) is 0 Å². The van der Waals surface area contributed by atoms with E-state index in [-0.39, 0.29) is 206 Å². The van der Waals surface area contributed by atoms with Gasteiger partial charge in [-0.3, -0.25) is 0 Å². The topological polar surface area (TPSA) is 141 Å². The Morgan fingerprint density at radius 3 is 1.24 bits per heavy atom. The maximum atomic E-state index is 10.1. The minimum absolute atomic E-state index is 0. The van der Waals surface area contributed by atoms with E-state index in [1.807, 2.05) is 0 Å². The molecule has 0 saturated heterocycles. The Labute approximate surface area is 268 Å². The summed E-state index contributed by atoms with van der Waals surface area (Å²) in [7, 11) is 0. The molecule has 0 heterocycles. The summed E-state index contributed by atoms with van der Waals surface area (Å²) >= 11 is 0. The van der Waals surface area contributed by atoms with Crippen molar-refractivity contribution in [2.45, 2.75) is 18.4 Å². The quantitative estimate of drug-likeness (QED) is 0.487. The van der Waals surface area contributed by atoms with Crippen LogP contribution in [0.15, 0.2) is 0 Å². The second-order valence-corrected chi connectivity index (χ2v) is 2.42. The van der Waals surface area contributed by atoms with Crippen LogP contribution in [-0.4, -0.2) is 80.0 Å². The van der Waals surface area contributed by atoms with Crippen molar-refractivity contribution in [2.24, 2.45) is 0 Å². The first kappa shape index (κ1) is 33.5. The molecular formula is C6H6K4O7. The van der Waals surface area contributed by atoms with Gasteiger partial charge in [-0.1, -0.05) is 0 Å². The average Bonchev–Trinajstić information content (AvgIpc) is 1.82. The van der Waals surface area contributed by atoms with E-state index in [9.17, 15) is 29.7 Å². The molecule has 0 bridgehead atoms. The van der Waals surface area contributed by atoms with Crippen LogP contribution in [0.1, 0.15) is 12.8 Å². The third kappa shape index (κ3) is 17.1. The number of hydrogen-bond acceptors (Lipinski definition) is 7. The Morgan fingerprint density at radius 1 is 0.882 bits per heavy atom. The minimum atomic E-state index is -2.97. The van der Waals surface area contributed by atoms with Crippen molar-refractivity contribution in [2.75, 3.05) is 0 Å². The van der Waals surface area contributed by atoms with Gasteiger partial charge in [-0.25, -0.2) is 0 Å². The summed E-state index contributed by atoms with van der Waals surface area (Å²) in [6.45, 7) is 0. The second kappa shape index (κ2) is 17.3. The van der Waals surface area contributed by atoms with Gasteiger partial charge >= 0.3 is 206 Å². The molecule has 0 aliphatic carbocycles. The molecule has 11 heteroatoms. The predicted molar refractivity (Wildman–Crippen MR) is 36.4 cm³/mol. The van der Waals surface area contributed by atoms with Gasteiger partial charge in [-0.2, -0.15) is 0 Å². The maximum absolute atomic E-state index is 10.1. The normalized spacial score (nSPS) is 8.29. The SMILES string of the molecule is O=C([O-])CC(O)(CC(=O)[O-])C(=O)[O-].[K+].[K+].[K+].[KH]. The van der Waals surface area contributed by atoms with Crippen molar-refractivity contribution in [3.05, 3.63) is 0 Å². The fraction of sp³-hybridized carbons (Fsp3) is 0.500. The molecule has 0 fully saturated rings. The zero-order valence-corrected chi connectivity index (χ0v) is 18.7. The van der Waals surface area contributed by atoms with E-state index in [2.05, 4.69) is 0 Å². The summed E-state index contributed by atoms with van der Waals surface area (Å²) in [6, 6.07) is 0. The van der Waals surface area contributed by atoms with Crippen molar-refractivity contribution in [3.63, 3.8) is 0 Å². The summed E-state index contributed by atoms with van der Waals surface area (Å²) in [5, 5.41) is 38.9. The van der Waals surface area contributed by atoms with Crippen molar-refractivity contribution < 1.29 is 189 Å². The summed E-state index contributed by atoms with van der Waals surface area (Å²) in [6.07, 6.45) is -2.72. The van der Waals surface area contributed by atoms with Gasteiger partial charge in [0.25, 0.3) is 0 Å². The van der Waals surface area contributed by atoms with E-state index >= 15 is 0 Å². The van der Waals surface area contributed by atoms with Crippen LogP contribution >= 0.6 is 0 Å². The molecule has 0 aromatic carbocycles. The number of hydrogen-bond donors (Lipinski definition) is 1. The Morgan fingerprint density at radius 2 is 1.12 bits per heavy atom. The van der Waals surface area contributed by atoms with E-state index in [4.69, 9.17) is 5.11 Å². The molecule has 0 unspecified atom stereocenters. The third-order valence-electron chi connectivity index (χ3n) is 1.25. The molecule has 0 rings (SSSR count). The van der Waals surface area contributed by atoms with Crippen LogP contribution in [0.5, 0.6) is 0 Å². The van der Waals surface area contributed by atoms with Crippen LogP contribution in [0.3, 0.4) is 0 Å². The molecule has 0 spiro atoms. The number of aliphatic hydroxyl groups is 1. The average molecular weight is 346 g/mol. The first-order chi connectivity index (χ1) is 5.78. The van der Waals surface area contributed by atoms with Gasteiger partial charge < -0.3 is 34.8 Å². The van der Waals surface area contributed by atoms with Crippen molar-refractivity contribution in [1.29, 1.82) is 0 Å². The predicted octanol–water partition coefficient (Wildman–Crippen LogP) is -14.9. The molecule has 0 radical (unpaired) electrons. The van der Waals surface area contributed by atoms with Crippen LogP contribution in [-0.2, 0) is 14.4 Å². The molecule has 17 heavy (non-hydrogen) atoms. The first-order valence-corrected chi connectivity index (χ1v) is 3.11.